The predicted octanol–water partition coefficient (Wildman–Crippen LogP) is 2.29. The van der Waals surface area contributed by atoms with Crippen molar-refractivity contribution in [1.82, 2.24) is 4.57 Å². The van der Waals surface area contributed by atoms with Crippen LogP contribution in [0.2, 0.25) is 0 Å². The quantitative estimate of drug-likeness (QED) is 0.915. The molecule has 1 saturated carbocycles. The zero-order valence-corrected chi connectivity index (χ0v) is 11.6. The standard InChI is InChI=1S/C15H16N2O.ClH/c1-17-9-12(6-7-15(17)18)10-2-4-11(5-3-10)13-8-14(13)16;/h2-7,9,13-14H,8,16H2,1H3;1H. The Morgan fingerprint density at radius 1 is 1.11 bits per heavy atom. The van der Waals surface area contributed by atoms with E-state index in [1.807, 2.05) is 12.3 Å². The third-order valence-electron chi connectivity index (χ3n) is 3.60. The van der Waals surface area contributed by atoms with E-state index in [2.05, 4.69) is 24.3 Å². The van der Waals surface area contributed by atoms with Gasteiger partial charge in [-0.05, 0) is 29.2 Å². The van der Waals surface area contributed by atoms with Crippen molar-refractivity contribution in [3.63, 3.8) is 0 Å². The lowest BCUT2D eigenvalue weighted by Gasteiger charge is -2.05. The minimum absolute atomic E-state index is 0. The molecule has 2 unspecified atom stereocenters. The molecule has 3 rings (SSSR count). The SMILES string of the molecule is Cl.Cn1cc(-c2ccc(C3CC3N)cc2)ccc1=O. The van der Waals surface area contributed by atoms with E-state index in [9.17, 15) is 4.79 Å². The minimum atomic E-state index is 0. The maximum absolute atomic E-state index is 11.3. The number of rotatable bonds is 2. The Morgan fingerprint density at radius 3 is 2.21 bits per heavy atom. The van der Waals surface area contributed by atoms with Crippen LogP contribution in [-0.2, 0) is 7.05 Å². The highest BCUT2D eigenvalue weighted by atomic mass is 35.5. The van der Waals surface area contributed by atoms with Gasteiger partial charge in [-0.15, -0.1) is 12.4 Å². The van der Waals surface area contributed by atoms with E-state index >= 15 is 0 Å². The molecule has 0 bridgehead atoms. The molecule has 0 spiro atoms. The van der Waals surface area contributed by atoms with E-state index < -0.39 is 0 Å². The lowest BCUT2D eigenvalue weighted by molar-refractivity contribution is 0.862. The number of aromatic nitrogens is 1. The summed E-state index contributed by atoms with van der Waals surface area (Å²) >= 11 is 0. The van der Waals surface area contributed by atoms with Gasteiger partial charge in [0.2, 0.25) is 5.56 Å². The Hall–Kier alpha value is -1.58. The zero-order chi connectivity index (χ0) is 12.7. The van der Waals surface area contributed by atoms with Crippen LogP contribution in [0.1, 0.15) is 17.9 Å². The number of pyridine rings is 1. The second kappa shape index (κ2) is 5.19. The molecule has 2 atom stereocenters. The van der Waals surface area contributed by atoms with Gasteiger partial charge in [-0.1, -0.05) is 24.3 Å². The maximum atomic E-state index is 11.3. The van der Waals surface area contributed by atoms with Crippen molar-refractivity contribution in [3.05, 3.63) is 58.5 Å². The van der Waals surface area contributed by atoms with Crippen molar-refractivity contribution in [2.45, 2.75) is 18.4 Å². The summed E-state index contributed by atoms with van der Waals surface area (Å²) in [5.74, 6) is 0.541. The lowest BCUT2D eigenvalue weighted by atomic mass is 10.0. The van der Waals surface area contributed by atoms with E-state index in [4.69, 9.17) is 5.73 Å². The summed E-state index contributed by atoms with van der Waals surface area (Å²) in [6.45, 7) is 0. The topological polar surface area (TPSA) is 48.0 Å². The fraction of sp³-hybridized carbons (Fsp3) is 0.267. The van der Waals surface area contributed by atoms with Gasteiger partial charge in [0.1, 0.15) is 0 Å². The highest BCUT2D eigenvalue weighted by Crippen LogP contribution is 2.39. The molecule has 1 aliphatic rings. The van der Waals surface area contributed by atoms with E-state index in [1.165, 1.54) is 5.56 Å². The average Bonchev–Trinajstić information content (AvgIpc) is 3.10. The van der Waals surface area contributed by atoms with Crippen LogP contribution in [0.3, 0.4) is 0 Å². The van der Waals surface area contributed by atoms with Crippen LogP contribution in [0.5, 0.6) is 0 Å². The van der Waals surface area contributed by atoms with Crippen LogP contribution in [0.4, 0.5) is 0 Å². The van der Waals surface area contributed by atoms with Crippen LogP contribution < -0.4 is 11.3 Å². The van der Waals surface area contributed by atoms with E-state index in [1.54, 1.807) is 17.7 Å². The number of hydrogen-bond acceptors (Lipinski definition) is 2. The van der Waals surface area contributed by atoms with Crippen LogP contribution >= 0.6 is 12.4 Å². The Balaban J connectivity index is 0.00000133. The van der Waals surface area contributed by atoms with Gasteiger partial charge in [-0.25, -0.2) is 0 Å². The summed E-state index contributed by atoms with van der Waals surface area (Å²) in [4.78, 5) is 11.3. The molecular formula is C15H17ClN2O. The molecule has 100 valence electrons. The first-order valence-corrected chi connectivity index (χ1v) is 6.18. The first-order chi connectivity index (χ1) is 8.65. The van der Waals surface area contributed by atoms with Gasteiger partial charge in [-0.3, -0.25) is 4.79 Å². The van der Waals surface area contributed by atoms with Gasteiger partial charge >= 0.3 is 0 Å². The highest BCUT2D eigenvalue weighted by molar-refractivity contribution is 5.85. The number of nitrogens with two attached hydrogens (primary N) is 1. The number of benzene rings is 1. The molecule has 0 radical (unpaired) electrons. The summed E-state index contributed by atoms with van der Waals surface area (Å²) < 4.78 is 1.60. The monoisotopic (exact) mass is 276 g/mol. The van der Waals surface area contributed by atoms with Crippen molar-refractivity contribution in [2.75, 3.05) is 0 Å². The minimum Gasteiger partial charge on any atom is -0.327 e. The Labute approximate surface area is 118 Å². The van der Waals surface area contributed by atoms with Gasteiger partial charge in [0.25, 0.3) is 0 Å². The molecule has 1 fully saturated rings. The van der Waals surface area contributed by atoms with Crippen molar-refractivity contribution in [3.8, 4) is 11.1 Å². The van der Waals surface area contributed by atoms with Gasteiger partial charge in [-0.2, -0.15) is 0 Å². The molecule has 1 aliphatic carbocycles. The van der Waals surface area contributed by atoms with Crippen molar-refractivity contribution < 1.29 is 0 Å². The fourth-order valence-electron chi connectivity index (χ4n) is 2.29. The molecule has 1 aromatic carbocycles. The van der Waals surface area contributed by atoms with E-state index in [0.29, 0.717) is 12.0 Å². The molecule has 2 aromatic rings. The Morgan fingerprint density at radius 2 is 1.68 bits per heavy atom. The number of hydrogen-bond donors (Lipinski definition) is 1. The molecule has 0 aliphatic heterocycles. The fourth-order valence-corrected chi connectivity index (χ4v) is 2.29. The van der Waals surface area contributed by atoms with Crippen molar-refractivity contribution in [2.24, 2.45) is 12.8 Å². The van der Waals surface area contributed by atoms with Crippen molar-refractivity contribution in [1.29, 1.82) is 0 Å². The zero-order valence-electron chi connectivity index (χ0n) is 10.7. The molecular weight excluding hydrogens is 260 g/mol. The predicted molar refractivity (Wildman–Crippen MR) is 79.7 cm³/mol. The summed E-state index contributed by atoms with van der Waals surface area (Å²) in [5, 5.41) is 0. The smallest absolute Gasteiger partial charge is 0.250 e. The largest absolute Gasteiger partial charge is 0.327 e. The van der Waals surface area contributed by atoms with Crippen LogP contribution in [0, 0.1) is 0 Å². The summed E-state index contributed by atoms with van der Waals surface area (Å²) in [5.41, 5.74) is 9.36. The summed E-state index contributed by atoms with van der Waals surface area (Å²) in [6.07, 6.45) is 2.96. The first-order valence-electron chi connectivity index (χ1n) is 6.18. The van der Waals surface area contributed by atoms with Crippen molar-refractivity contribution >= 4 is 12.4 Å². The second-order valence-electron chi connectivity index (χ2n) is 4.99. The Bertz CT molecular complexity index is 633. The third kappa shape index (κ3) is 2.72. The molecule has 3 nitrogen and oxygen atoms in total. The molecule has 1 aromatic heterocycles. The van der Waals surface area contributed by atoms with Gasteiger partial charge in [0.15, 0.2) is 0 Å². The maximum Gasteiger partial charge on any atom is 0.250 e. The molecule has 4 heteroatoms. The normalized spacial score (nSPS) is 20.7. The third-order valence-corrected chi connectivity index (χ3v) is 3.60. The van der Waals surface area contributed by atoms with Gasteiger partial charge < -0.3 is 10.3 Å². The molecule has 1 heterocycles. The number of halogens is 1. The molecule has 0 amide bonds. The van der Waals surface area contributed by atoms with Gasteiger partial charge in [0, 0.05) is 31.3 Å². The molecule has 19 heavy (non-hydrogen) atoms. The average molecular weight is 277 g/mol. The van der Waals surface area contributed by atoms with E-state index in [0.717, 1.165) is 17.5 Å². The summed E-state index contributed by atoms with van der Waals surface area (Å²) in [7, 11) is 1.77. The first kappa shape index (κ1) is 13.8. The van der Waals surface area contributed by atoms with Crippen LogP contribution in [0.15, 0.2) is 47.4 Å². The second-order valence-corrected chi connectivity index (χ2v) is 4.99. The molecule has 0 saturated heterocycles. The van der Waals surface area contributed by atoms with E-state index in [-0.39, 0.29) is 18.0 Å². The van der Waals surface area contributed by atoms with Crippen LogP contribution in [-0.4, -0.2) is 10.6 Å². The lowest BCUT2D eigenvalue weighted by Crippen LogP contribution is -2.13. The number of nitrogens with zero attached hydrogens (tertiary/aromatic N) is 1. The molecule has 2 N–H and O–H groups in total. The number of aryl methyl sites for hydroxylation is 1. The highest BCUT2D eigenvalue weighted by Gasteiger charge is 2.34. The van der Waals surface area contributed by atoms with Gasteiger partial charge in [0.05, 0.1) is 0 Å². The van der Waals surface area contributed by atoms with Crippen LogP contribution in [0.25, 0.3) is 11.1 Å². The Kier molecular flexibility index (Phi) is 3.78. The summed E-state index contributed by atoms with van der Waals surface area (Å²) in [6, 6.07) is 12.3.